The molecule has 1 aliphatic heterocycles. The maximum atomic E-state index is 12.5. The van der Waals surface area contributed by atoms with Crippen molar-refractivity contribution in [1.82, 2.24) is 4.90 Å². The van der Waals surface area contributed by atoms with Crippen LogP contribution in [0.3, 0.4) is 0 Å². The van der Waals surface area contributed by atoms with Crippen molar-refractivity contribution < 1.29 is 4.79 Å². The van der Waals surface area contributed by atoms with E-state index in [1.807, 2.05) is 43.9 Å². The van der Waals surface area contributed by atoms with Crippen molar-refractivity contribution in [2.75, 3.05) is 31.1 Å². The van der Waals surface area contributed by atoms with E-state index in [2.05, 4.69) is 11.8 Å². The molecular weight excluding hydrogens is 298 g/mol. The molecule has 0 saturated carbocycles. The summed E-state index contributed by atoms with van der Waals surface area (Å²) in [4.78, 5) is 16.6. The van der Waals surface area contributed by atoms with E-state index in [9.17, 15) is 4.79 Å². The van der Waals surface area contributed by atoms with Crippen molar-refractivity contribution in [3.8, 4) is 0 Å². The molecule has 22 heavy (non-hydrogen) atoms. The number of anilines is 1. The predicted molar refractivity (Wildman–Crippen MR) is 92.4 cm³/mol. The monoisotopic (exact) mass is 323 g/mol. The van der Waals surface area contributed by atoms with E-state index < -0.39 is 6.04 Å². The Morgan fingerprint density at radius 2 is 1.82 bits per heavy atom. The van der Waals surface area contributed by atoms with Gasteiger partial charge in [-0.3, -0.25) is 4.79 Å². The van der Waals surface area contributed by atoms with Crippen LogP contribution in [0, 0.1) is 12.3 Å². The number of halogens is 1. The maximum absolute atomic E-state index is 12.5. The minimum atomic E-state index is -0.452. The smallest absolute Gasteiger partial charge is 0.240 e. The van der Waals surface area contributed by atoms with Crippen molar-refractivity contribution in [2.45, 2.75) is 33.7 Å². The average Bonchev–Trinajstić information content (AvgIpc) is 2.47. The van der Waals surface area contributed by atoms with Gasteiger partial charge in [0.2, 0.25) is 5.91 Å². The van der Waals surface area contributed by atoms with Gasteiger partial charge in [0.25, 0.3) is 0 Å². The predicted octanol–water partition coefficient (Wildman–Crippen LogP) is 2.67. The molecule has 1 aliphatic rings. The number of nitrogens with two attached hydrogens (primary N) is 1. The molecule has 0 unspecified atom stereocenters. The third-order valence-corrected chi connectivity index (χ3v) is 4.54. The summed E-state index contributed by atoms with van der Waals surface area (Å²) in [5, 5.41) is 0.744. The number of amides is 1. The highest BCUT2D eigenvalue weighted by Gasteiger charge is 2.32. The highest BCUT2D eigenvalue weighted by molar-refractivity contribution is 6.30. The molecule has 1 saturated heterocycles. The van der Waals surface area contributed by atoms with Gasteiger partial charge in [0.1, 0.15) is 0 Å². The Balaban J connectivity index is 2.01. The minimum absolute atomic E-state index is 0.0509. The summed E-state index contributed by atoms with van der Waals surface area (Å²) >= 11 is 6.10. The van der Waals surface area contributed by atoms with E-state index >= 15 is 0 Å². The molecule has 0 bridgehead atoms. The van der Waals surface area contributed by atoms with E-state index in [-0.39, 0.29) is 11.3 Å². The number of rotatable bonds is 2. The van der Waals surface area contributed by atoms with Crippen LogP contribution >= 0.6 is 11.6 Å². The summed E-state index contributed by atoms with van der Waals surface area (Å²) in [5.74, 6) is 0.0509. The SMILES string of the molecule is Cc1ccc(Cl)cc1N1CCN(C(=O)[C@@H](N)C(C)(C)C)CC1. The number of hydrogen-bond acceptors (Lipinski definition) is 3. The van der Waals surface area contributed by atoms with Gasteiger partial charge in [-0.05, 0) is 30.0 Å². The number of carbonyl (C=O) groups excluding carboxylic acids is 1. The molecule has 0 aromatic heterocycles. The fourth-order valence-corrected chi connectivity index (χ4v) is 2.82. The molecule has 5 heteroatoms. The zero-order chi connectivity index (χ0) is 16.5. The lowest BCUT2D eigenvalue weighted by Crippen LogP contribution is -2.56. The van der Waals surface area contributed by atoms with Crippen LogP contribution < -0.4 is 10.6 Å². The second-order valence-electron chi connectivity index (χ2n) is 7.09. The zero-order valence-corrected chi connectivity index (χ0v) is 14.7. The highest BCUT2D eigenvalue weighted by Crippen LogP contribution is 2.26. The van der Waals surface area contributed by atoms with Gasteiger partial charge in [-0.25, -0.2) is 0 Å². The molecule has 1 amide bonds. The van der Waals surface area contributed by atoms with Crippen molar-refractivity contribution in [1.29, 1.82) is 0 Å². The van der Waals surface area contributed by atoms with Crippen molar-refractivity contribution in [2.24, 2.45) is 11.1 Å². The third-order valence-electron chi connectivity index (χ3n) is 4.30. The Morgan fingerprint density at radius 1 is 1.23 bits per heavy atom. The number of benzene rings is 1. The summed E-state index contributed by atoms with van der Waals surface area (Å²) in [7, 11) is 0. The summed E-state index contributed by atoms with van der Waals surface area (Å²) in [5.41, 5.74) is 8.24. The van der Waals surface area contributed by atoms with Gasteiger partial charge in [0, 0.05) is 36.9 Å². The normalized spacial score (nSPS) is 17.5. The van der Waals surface area contributed by atoms with Crippen LogP contribution in [-0.2, 0) is 4.79 Å². The fraction of sp³-hybridized carbons (Fsp3) is 0.588. The Labute approximate surface area is 138 Å². The largest absolute Gasteiger partial charge is 0.368 e. The Hall–Kier alpha value is -1.26. The van der Waals surface area contributed by atoms with Crippen LogP contribution in [0.5, 0.6) is 0 Å². The summed E-state index contributed by atoms with van der Waals surface area (Å²) < 4.78 is 0. The first kappa shape index (κ1) is 17.1. The van der Waals surface area contributed by atoms with Gasteiger partial charge in [-0.1, -0.05) is 38.4 Å². The van der Waals surface area contributed by atoms with E-state index in [1.54, 1.807) is 0 Å². The Kier molecular flexibility index (Phi) is 5.03. The van der Waals surface area contributed by atoms with E-state index in [1.165, 1.54) is 5.56 Å². The Morgan fingerprint density at radius 3 is 2.36 bits per heavy atom. The zero-order valence-electron chi connectivity index (χ0n) is 13.9. The third kappa shape index (κ3) is 3.73. The van der Waals surface area contributed by atoms with E-state index in [0.717, 1.165) is 23.8 Å². The van der Waals surface area contributed by atoms with Crippen molar-refractivity contribution in [3.05, 3.63) is 28.8 Å². The van der Waals surface area contributed by atoms with E-state index in [0.29, 0.717) is 13.1 Å². The molecule has 2 N–H and O–H groups in total. The fourth-order valence-electron chi connectivity index (χ4n) is 2.66. The molecular formula is C17H26ClN3O. The highest BCUT2D eigenvalue weighted by atomic mass is 35.5. The molecule has 122 valence electrons. The van der Waals surface area contributed by atoms with Crippen LogP contribution in [0.25, 0.3) is 0 Å². The molecule has 4 nitrogen and oxygen atoms in total. The second-order valence-corrected chi connectivity index (χ2v) is 7.52. The molecule has 2 rings (SSSR count). The quantitative estimate of drug-likeness (QED) is 0.910. The first-order valence-electron chi connectivity index (χ1n) is 7.75. The number of piperazine rings is 1. The van der Waals surface area contributed by atoms with Gasteiger partial charge < -0.3 is 15.5 Å². The molecule has 1 aromatic carbocycles. The molecule has 1 aromatic rings. The molecule has 0 aliphatic carbocycles. The molecule has 0 spiro atoms. The standard InChI is InChI=1S/C17H26ClN3O/c1-12-5-6-13(18)11-14(12)20-7-9-21(10-8-20)16(22)15(19)17(2,3)4/h5-6,11,15H,7-10,19H2,1-4H3/t15-/m1/s1. The minimum Gasteiger partial charge on any atom is -0.368 e. The van der Waals surface area contributed by atoms with Gasteiger partial charge in [0.15, 0.2) is 0 Å². The summed E-state index contributed by atoms with van der Waals surface area (Å²) in [6, 6.07) is 5.48. The van der Waals surface area contributed by atoms with Crippen LogP contribution in [0.1, 0.15) is 26.3 Å². The van der Waals surface area contributed by atoms with Gasteiger partial charge in [-0.15, -0.1) is 0 Å². The first-order chi connectivity index (χ1) is 10.2. The number of nitrogens with zero attached hydrogens (tertiary/aromatic N) is 2. The maximum Gasteiger partial charge on any atom is 0.240 e. The van der Waals surface area contributed by atoms with Crippen molar-refractivity contribution in [3.63, 3.8) is 0 Å². The van der Waals surface area contributed by atoms with Crippen LogP contribution in [-0.4, -0.2) is 43.0 Å². The number of aryl methyl sites for hydroxylation is 1. The van der Waals surface area contributed by atoms with Gasteiger partial charge in [0.05, 0.1) is 6.04 Å². The van der Waals surface area contributed by atoms with Gasteiger partial charge >= 0.3 is 0 Å². The lowest BCUT2D eigenvalue weighted by atomic mass is 9.86. The number of carbonyl (C=O) groups is 1. The summed E-state index contributed by atoms with van der Waals surface area (Å²) in [6.45, 7) is 11.1. The second kappa shape index (κ2) is 6.47. The molecule has 0 radical (unpaired) electrons. The lowest BCUT2D eigenvalue weighted by molar-refractivity contribution is -0.135. The van der Waals surface area contributed by atoms with Gasteiger partial charge in [-0.2, -0.15) is 0 Å². The molecule has 1 fully saturated rings. The van der Waals surface area contributed by atoms with Crippen molar-refractivity contribution >= 4 is 23.2 Å². The number of hydrogen-bond donors (Lipinski definition) is 1. The first-order valence-corrected chi connectivity index (χ1v) is 8.13. The lowest BCUT2D eigenvalue weighted by Gasteiger charge is -2.39. The average molecular weight is 324 g/mol. The van der Waals surface area contributed by atoms with Crippen LogP contribution in [0.4, 0.5) is 5.69 Å². The molecule has 1 heterocycles. The van der Waals surface area contributed by atoms with Crippen LogP contribution in [0.15, 0.2) is 18.2 Å². The topological polar surface area (TPSA) is 49.6 Å². The van der Waals surface area contributed by atoms with Crippen LogP contribution in [0.2, 0.25) is 5.02 Å². The summed E-state index contributed by atoms with van der Waals surface area (Å²) in [6.07, 6.45) is 0. The molecule has 1 atom stereocenters. The van der Waals surface area contributed by atoms with E-state index in [4.69, 9.17) is 17.3 Å². The Bertz CT molecular complexity index is 545.